The Morgan fingerprint density at radius 1 is 1.47 bits per heavy atom. The molecule has 5 nitrogen and oxygen atoms in total. The molecule has 0 aliphatic heterocycles. The van der Waals surface area contributed by atoms with E-state index in [0.717, 1.165) is 6.42 Å². The van der Waals surface area contributed by atoms with Crippen molar-refractivity contribution in [3.63, 3.8) is 0 Å². The molecule has 1 amide bonds. The van der Waals surface area contributed by atoms with Crippen molar-refractivity contribution >= 4 is 17.6 Å². The number of rotatable bonds is 5. The lowest BCUT2D eigenvalue weighted by molar-refractivity contribution is 0.0696. The number of carboxylic acid groups (broad SMARTS) is 1. The summed E-state index contributed by atoms with van der Waals surface area (Å²) in [6.45, 7) is 3.93. The number of anilines is 1. The fraction of sp³-hybridized carbons (Fsp3) is 0.333. The molecule has 0 radical (unpaired) electrons. The maximum absolute atomic E-state index is 11.2. The SMILES string of the molecule is CC[C@@H](C)Nc1cc(C(=O)O)ccc1C(N)=O. The van der Waals surface area contributed by atoms with E-state index in [2.05, 4.69) is 5.32 Å². The van der Waals surface area contributed by atoms with Crippen molar-refractivity contribution in [2.75, 3.05) is 5.32 Å². The minimum absolute atomic E-state index is 0.126. The molecule has 1 rings (SSSR count). The van der Waals surface area contributed by atoms with E-state index in [9.17, 15) is 9.59 Å². The topological polar surface area (TPSA) is 92.4 Å². The first-order chi connectivity index (χ1) is 7.95. The van der Waals surface area contributed by atoms with Crippen LogP contribution in [0, 0.1) is 0 Å². The quantitative estimate of drug-likeness (QED) is 0.725. The third kappa shape index (κ3) is 3.21. The van der Waals surface area contributed by atoms with E-state index in [4.69, 9.17) is 10.8 Å². The van der Waals surface area contributed by atoms with Gasteiger partial charge in [-0.15, -0.1) is 0 Å². The van der Waals surface area contributed by atoms with Gasteiger partial charge in [-0.1, -0.05) is 6.92 Å². The average Bonchev–Trinajstić information content (AvgIpc) is 2.28. The zero-order chi connectivity index (χ0) is 13.0. The van der Waals surface area contributed by atoms with Gasteiger partial charge in [0, 0.05) is 11.7 Å². The molecular formula is C12H16N2O3. The fourth-order valence-electron chi connectivity index (χ4n) is 1.38. The van der Waals surface area contributed by atoms with Gasteiger partial charge in [-0.3, -0.25) is 4.79 Å². The number of nitrogens with one attached hydrogen (secondary N) is 1. The van der Waals surface area contributed by atoms with Gasteiger partial charge >= 0.3 is 5.97 Å². The van der Waals surface area contributed by atoms with Crippen molar-refractivity contribution in [2.24, 2.45) is 5.73 Å². The Balaban J connectivity index is 3.15. The second-order valence-corrected chi connectivity index (χ2v) is 3.88. The van der Waals surface area contributed by atoms with E-state index < -0.39 is 11.9 Å². The molecule has 1 atom stereocenters. The minimum Gasteiger partial charge on any atom is -0.478 e. The number of amides is 1. The number of carbonyl (C=O) groups excluding carboxylic acids is 1. The molecule has 0 fully saturated rings. The number of aromatic carboxylic acids is 1. The van der Waals surface area contributed by atoms with Gasteiger partial charge in [-0.05, 0) is 31.5 Å². The van der Waals surface area contributed by atoms with Gasteiger partial charge in [0.15, 0.2) is 0 Å². The van der Waals surface area contributed by atoms with Crippen LogP contribution in [0.5, 0.6) is 0 Å². The smallest absolute Gasteiger partial charge is 0.335 e. The Morgan fingerprint density at radius 2 is 2.12 bits per heavy atom. The van der Waals surface area contributed by atoms with Crippen molar-refractivity contribution in [3.05, 3.63) is 29.3 Å². The summed E-state index contributed by atoms with van der Waals surface area (Å²) < 4.78 is 0. The molecule has 1 aromatic carbocycles. The number of primary amides is 1. The van der Waals surface area contributed by atoms with E-state index in [0.29, 0.717) is 11.3 Å². The standard InChI is InChI=1S/C12H16N2O3/c1-3-7(2)14-10-6-8(12(16)17)4-5-9(10)11(13)15/h4-7,14H,3H2,1-2H3,(H2,13,15)(H,16,17)/t7-/m1/s1. The number of benzene rings is 1. The summed E-state index contributed by atoms with van der Waals surface area (Å²) >= 11 is 0. The molecule has 0 aliphatic carbocycles. The third-order valence-electron chi connectivity index (χ3n) is 2.55. The summed E-state index contributed by atoms with van der Waals surface area (Å²) in [5, 5.41) is 12.0. The molecule has 0 heterocycles. The molecule has 4 N–H and O–H groups in total. The molecule has 17 heavy (non-hydrogen) atoms. The largest absolute Gasteiger partial charge is 0.478 e. The molecule has 92 valence electrons. The Morgan fingerprint density at radius 3 is 2.59 bits per heavy atom. The van der Waals surface area contributed by atoms with Crippen LogP contribution in [0.15, 0.2) is 18.2 Å². The average molecular weight is 236 g/mol. The second kappa shape index (κ2) is 5.34. The summed E-state index contributed by atoms with van der Waals surface area (Å²) in [5.41, 5.74) is 6.12. The van der Waals surface area contributed by atoms with Crippen molar-refractivity contribution in [2.45, 2.75) is 26.3 Å². The highest BCUT2D eigenvalue weighted by atomic mass is 16.4. The summed E-state index contributed by atoms with van der Waals surface area (Å²) in [5.74, 6) is -1.61. The zero-order valence-corrected chi connectivity index (χ0v) is 9.86. The molecule has 0 saturated carbocycles. The van der Waals surface area contributed by atoms with Gasteiger partial charge in [0.1, 0.15) is 0 Å². The fourth-order valence-corrected chi connectivity index (χ4v) is 1.38. The van der Waals surface area contributed by atoms with Gasteiger partial charge in [-0.2, -0.15) is 0 Å². The molecular weight excluding hydrogens is 220 g/mol. The van der Waals surface area contributed by atoms with E-state index in [-0.39, 0.29) is 11.6 Å². The number of hydrogen-bond acceptors (Lipinski definition) is 3. The monoisotopic (exact) mass is 236 g/mol. The molecule has 0 spiro atoms. The van der Waals surface area contributed by atoms with E-state index >= 15 is 0 Å². The van der Waals surface area contributed by atoms with Crippen LogP contribution in [0.25, 0.3) is 0 Å². The predicted molar refractivity (Wildman–Crippen MR) is 65.3 cm³/mol. The highest BCUT2D eigenvalue weighted by molar-refractivity contribution is 6.00. The lowest BCUT2D eigenvalue weighted by atomic mass is 10.1. The van der Waals surface area contributed by atoms with E-state index in [1.165, 1.54) is 18.2 Å². The summed E-state index contributed by atoms with van der Waals surface area (Å²) in [7, 11) is 0. The Hall–Kier alpha value is -2.04. The third-order valence-corrected chi connectivity index (χ3v) is 2.55. The normalized spacial score (nSPS) is 11.9. The first-order valence-corrected chi connectivity index (χ1v) is 5.39. The van der Waals surface area contributed by atoms with Gasteiger partial charge in [-0.25, -0.2) is 4.79 Å². The Kier molecular flexibility index (Phi) is 4.09. The number of carbonyl (C=O) groups is 2. The van der Waals surface area contributed by atoms with Crippen LogP contribution < -0.4 is 11.1 Å². The van der Waals surface area contributed by atoms with Crippen molar-refractivity contribution in [3.8, 4) is 0 Å². The summed E-state index contributed by atoms with van der Waals surface area (Å²) in [6.07, 6.45) is 0.857. The molecule has 0 bridgehead atoms. The van der Waals surface area contributed by atoms with Gasteiger partial charge in [0.05, 0.1) is 11.1 Å². The van der Waals surface area contributed by atoms with Crippen LogP contribution in [0.1, 0.15) is 41.0 Å². The Labute approximate surface area is 99.6 Å². The molecule has 1 aromatic rings. The predicted octanol–water partition coefficient (Wildman–Crippen LogP) is 1.69. The molecule has 0 aromatic heterocycles. The number of nitrogens with two attached hydrogens (primary N) is 1. The summed E-state index contributed by atoms with van der Waals surface area (Å²) in [6, 6.07) is 4.35. The molecule has 0 saturated heterocycles. The van der Waals surface area contributed by atoms with Crippen LogP contribution in [-0.4, -0.2) is 23.0 Å². The molecule has 0 aliphatic rings. The van der Waals surface area contributed by atoms with Crippen LogP contribution in [-0.2, 0) is 0 Å². The second-order valence-electron chi connectivity index (χ2n) is 3.88. The van der Waals surface area contributed by atoms with Gasteiger partial charge in [0.25, 0.3) is 5.91 Å². The van der Waals surface area contributed by atoms with Crippen molar-refractivity contribution in [1.29, 1.82) is 0 Å². The van der Waals surface area contributed by atoms with Gasteiger partial charge in [0.2, 0.25) is 0 Å². The van der Waals surface area contributed by atoms with Gasteiger partial charge < -0.3 is 16.2 Å². The van der Waals surface area contributed by atoms with Crippen LogP contribution in [0.2, 0.25) is 0 Å². The lowest BCUT2D eigenvalue weighted by Gasteiger charge is -2.16. The lowest BCUT2D eigenvalue weighted by Crippen LogP contribution is -2.19. The zero-order valence-electron chi connectivity index (χ0n) is 9.86. The summed E-state index contributed by atoms with van der Waals surface area (Å²) in [4.78, 5) is 22.1. The maximum atomic E-state index is 11.2. The maximum Gasteiger partial charge on any atom is 0.335 e. The number of carboxylic acids is 1. The first-order valence-electron chi connectivity index (χ1n) is 5.39. The van der Waals surface area contributed by atoms with Crippen LogP contribution >= 0.6 is 0 Å². The number of hydrogen-bond donors (Lipinski definition) is 3. The highest BCUT2D eigenvalue weighted by Gasteiger charge is 2.13. The minimum atomic E-state index is -1.03. The highest BCUT2D eigenvalue weighted by Crippen LogP contribution is 2.19. The molecule has 0 unspecified atom stereocenters. The van der Waals surface area contributed by atoms with E-state index in [1.807, 2.05) is 13.8 Å². The first kappa shape index (κ1) is 13.0. The van der Waals surface area contributed by atoms with Crippen molar-refractivity contribution in [1.82, 2.24) is 0 Å². The van der Waals surface area contributed by atoms with Crippen LogP contribution in [0.3, 0.4) is 0 Å². The molecule has 5 heteroatoms. The Bertz CT molecular complexity index is 443. The van der Waals surface area contributed by atoms with Crippen molar-refractivity contribution < 1.29 is 14.7 Å². The van der Waals surface area contributed by atoms with E-state index in [1.54, 1.807) is 0 Å². The van der Waals surface area contributed by atoms with Crippen LogP contribution in [0.4, 0.5) is 5.69 Å².